The molecule has 1 amide bonds. The van der Waals surface area contributed by atoms with Gasteiger partial charge >= 0.3 is 5.69 Å². The number of ether oxygens (including phenoxy) is 1. The summed E-state index contributed by atoms with van der Waals surface area (Å²) in [5.74, 6) is -0.424. The predicted molar refractivity (Wildman–Crippen MR) is 124 cm³/mol. The van der Waals surface area contributed by atoms with E-state index in [1.54, 1.807) is 6.92 Å². The van der Waals surface area contributed by atoms with Crippen LogP contribution in [0, 0.1) is 10.1 Å². The van der Waals surface area contributed by atoms with Crippen molar-refractivity contribution in [1.29, 1.82) is 0 Å². The molecule has 10 heteroatoms. The molecule has 9 nitrogen and oxygen atoms in total. The van der Waals surface area contributed by atoms with Crippen molar-refractivity contribution >= 4 is 40.3 Å². The average molecular weight is 444 g/mol. The number of nitrogens with zero attached hydrogens (tertiary/aromatic N) is 3. The molecule has 0 bridgehead atoms. The lowest BCUT2D eigenvalue weighted by Crippen LogP contribution is -2.45. The molecule has 0 spiro atoms. The zero-order chi connectivity index (χ0) is 22.4. The van der Waals surface area contributed by atoms with Crippen LogP contribution in [0.1, 0.15) is 17.3 Å². The topological polar surface area (TPSA) is 100.0 Å². The van der Waals surface area contributed by atoms with E-state index >= 15 is 0 Å². The molecule has 0 saturated carbocycles. The van der Waals surface area contributed by atoms with Gasteiger partial charge in [-0.1, -0.05) is 12.1 Å². The summed E-state index contributed by atoms with van der Waals surface area (Å²) in [6.07, 6.45) is 0. The second-order valence-electron chi connectivity index (χ2n) is 7.09. The zero-order valence-corrected chi connectivity index (χ0v) is 18.3. The molecule has 31 heavy (non-hydrogen) atoms. The highest BCUT2D eigenvalue weighted by molar-refractivity contribution is 7.80. The minimum Gasteiger partial charge on any atom is -0.487 e. The lowest BCUT2D eigenvalue weighted by atomic mass is 10.1. The molecular weight excluding hydrogens is 418 g/mol. The molecule has 164 valence electrons. The van der Waals surface area contributed by atoms with Gasteiger partial charge in [-0.25, -0.2) is 0 Å². The van der Waals surface area contributed by atoms with E-state index in [-0.39, 0.29) is 28.7 Å². The average Bonchev–Trinajstić information content (AvgIpc) is 2.75. The lowest BCUT2D eigenvalue weighted by molar-refractivity contribution is -0.385. The van der Waals surface area contributed by atoms with Crippen molar-refractivity contribution < 1.29 is 14.5 Å². The summed E-state index contributed by atoms with van der Waals surface area (Å²) >= 11 is 5.32. The Morgan fingerprint density at radius 2 is 1.90 bits per heavy atom. The molecular formula is C21H25N5O4S. The maximum absolute atomic E-state index is 12.6. The Labute approximate surface area is 186 Å². The van der Waals surface area contributed by atoms with Crippen LogP contribution in [0.5, 0.6) is 5.75 Å². The summed E-state index contributed by atoms with van der Waals surface area (Å²) in [7, 11) is 2.09. The third-order valence-corrected chi connectivity index (χ3v) is 5.15. The summed E-state index contributed by atoms with van der Waals surface area (Å²) in [5, 5.41) is 17.1. The first-order valence-corrected chi connectivity index (χ1v) is 10.4. The van der Waals surface area contributed by atoms with Gasteiger partial charge in [-0.15, -0.1) is 0 Å². The van der Waals surface area contributed by atoms with Crippen molar-refractivity contribution in [2.75, 3.05) is 50.1 Å². The first-order chi connectivity index (χ1) is 14.9. The SMILES string of the molecule is CCOc1ccc(C(=O)NC(=S)Nc2ccccc2N2CCN(C)CC2)cc1[N+](=O)[O-]. The van der Waals surface area contributed by atoms with E-state index in [0.29, 0.717) is 0 Å². The van der Waals surface area contributed by atoms with Gasteiger partial charge in [0.2, 0.25) is 0 Å². The van der Waals surface area contributed by atoms with Gasteiger partial charge < -0.3 is 19.9 Å². The van der Waals surface area contributed by atoms with Crippen molar-refractivity contribution in [2.24, 2.45) is 0 Å². The number of amides is 1. The molecule has 0 aromatic heterocycles. The van der Waals surface area contributed by atoms with Gasteiger partial charge in [-0.05, 0) is 50.5 Å². The first-order valence-electron chi connectivity index (χ1n) is 9.95. The number of rotatable bonds is 6. The van der Waals surface area contributed by atoms with Crippen LogP contribution < -0.4 is 20.3 Å². The monoisotopic (exact) mass is 443 g/mol. The number of nitrogens with one attached hydrogen (secondary N) is 2. The normalized spacial score (nSPS) is 14.1. The van der Waals surface area contributed by atoms with Gasteiger partial charge in [-0.3, -0.25) is 20.2 Å². The fraction of sp³-hybridized carbons (Fsp3) is 0.333. The Morgan fingerprint density at radius 1 is 1.19 bits per heavy atom. The number of hydrogen-bond acceptors (Lipinski definition) is 7. The van der Waals surface area contributed by atoms with Crippen LogP contribution in [-0.2, 0) is 0 Å². The van der Waals surface area contributed by atoms with Crippen molar-refractivity contribution in [1.82, 2.24) is 10.2 Å². The molecule has 2 N–H and O–H groups in total. The van der Waals surface area contributed by atoms with Crippen molar-refractivity contribution in [3.63, 3.8) is 0 Å². The molecule has 2 aromatic carbocycles. The third-order valence-electron chi connectivity index (χ3n) is 4.94. The van der Waals surface area contributed by atoms with Crippen molar-refractivity contribution in [3.05, 3.63) is 58.1 Å². The molecule has 2 aromatic rings. The third kappa shape index (κ3) is 5.68. The van der Waals surface area contributed by atoms with Crippen LogP contribution in [-0.4, -0.2) is 60.7 Å². The van der Waals surface area contributed by atoms with E-state index < -0.39 is 10.8 Å². The van der Waals surface area contributed by atoms with Crippen LogP contribution in [0.3, 0.4) is 0 Å². The summed E-state index contributed by atoms with van der Waals surface area (Å²) in [6.45, 7) is 5.73. The minimum atomic E-state index is -0.579. The molecule has 1 heterocycles. The number of likely N-dealkylation sites (N-methyl/N-ethyl adjacent to an activating group) is 1. The maximum atomic E-state index is 12.6. The highest BCUT2D eigenvalue weighted by atomic mass is 32.1. The van der Waals surface area contributed by atoms with Crippen molar-refractivity contribution in [3.8, 4) is 5.75 Å². The summed E-state index contributed by atoms with van der Waals surface area (Å²) in [6, 6.07) is 11.8. The van der Waals surface area contributed by atoms with Gasteiger partial charge in [0.1, 0.15) is 0 Å². The van der Waals surface area contributed by atoms with E-state index in [9.17, 15) is 14.9 Å². The van der Waals surface area contributed by atoms with E-state index in [2.05, 4.69) is 27.5 Å². The zero-order valence-electron chi connectivity index (χ0n) is 17.5. The van der Waals surface area contributed by atoms with E-state index in [1.807, 2.05) is 24.3 Å². The maximum Gasteiger partial charge on any atom is 0.311 e. The number of hydrogen-bond donors (Lipinski definition) is 2. The minimum absolute atomic E-state index is 0.114. The molecule has 0 unspecified atom stereocenters. The summed E-state index contributed by atoms with van der Waals surface area (Å²) < 4.78 is 5.25. The molecule has 0 atom stereocenters. The van der Waals surface area contributed by atoms with E-state index in [1.165, 1.54) is 18.2 Å². The Bertz CT molecular complexity index is 976. The molecule has 3 rings (SSSR count). The Kier molecular flexibility index (Phi) is 7.37. The molecule has 1 fully saturated rings. The fourth-order valence-corrected chi connectivity index (χ4v) is 3.51. The molecule has 0 aliphatic carbocycles. The molecule has 1 saturated heterocycles. The standard InChI is InChI=1S/C21H25N5O4S/c1-3-30-19-9-8-15(14-18(19)26(28)29)20(27)23-21(31)22-16-6-4-5-7-17(16)25-12-10-24(2)11-13-25/h4-9,14H,3,10-13H2,1-2H3,(H2,22,23,27,31). The highest BCUT2D eigenvalue weighted by Crippen LogP contribution is 2.28. The Morgan fingerprint density at radius 3 is 2.58 bits per heavy atom. The largest absolute Gasteiger partial charge is 0.487 e. The Hall–Kier alpha value is -3.24. The quantitative estimate of drug-likeness (QED) is 0.399. The van der Waals surface area contributed by atoms with Crippen LogP contribution in [0.4, 0.5) is 17.1 Å². The van der Waals surface area contributed by atoms with Crippen LogP contribution >= 0.6 is 12.2 Å². The first kappa shape index (κ1) is 22.4. The highest BCUT2D eigenvalue weighted by Gasteiger charge is 2.20. The smallest absolute Gasteiger partial charge is 0.311 e. The van der Waals surface area contributed by atoms with Gasteiger partial charge in [0, 0.05) is 37.8 Å². The van der Waals surface area contributed by atoms with Crippen LogP contribution in [0.15, 0.2) is 42.5 Å². The number of thiocarbonyl (C=S) groups is 1. The number of nitro groups is 1. The second kappa shape index (κ2) is 10.2. The number of anilines is 2. The van der Waals surface area contributed by atoms with Gasteiger partial charge in [0.15, 0.2) is 10.9 Å². The number of nitro benzene ring substituents is 1. The van der Waals surface area contributed by atoms with Gasteiger partial charge in [-0.2, -0.15) is 0 Å². The van der Waals surface area contributed by atoms with Crippen molar-refractivity contribution in [2.45, 2.75) is 6.92 Å². The number of carbonyl (C=O) groups is 1. The second-order valence-corrected chi connectivity index (χ2v) is 7.50. The van der Waals surface area contributed by atoms with Crippen LogP contribution in [0.25, 0.3) is 0 Å². The van der Waals surface area contributed by atoms with E-state index in [0.717, 1.165) is 37.6 Å². The van der Waals surface area contributed by atoms with Gasteiger partial charge in [0.25, 0.3) is 5.91 Å². The number of para-hydroxylation sites is 2. The summed E-state index contributed by atoms with van der Waals surface area (Å²) in [5.41, 5.74) is 1.64. The number of carbonyl (C=O) groups excluding carboxylic acids is 1. The van der Waals surface area contributed by atoms with E-state index in [4.69, 9.17) is 17.0 Å². The summed E-state index contributed by atoms with van der Waals surface area (Å²) in [4.78, 5) is 27.8. The molecule has 0 radical (unpaired) electrons. The van der Waals surface area contributed by atoms with Crippen LogP contribution in [0.2, 0.25) is 0 Å². The van der Waals surface area contributed by atoms with Gasteiger partial charge in [0.05, 0.1) is 22.9 Å². The Balaban J connectivity index is 1.70. The molecule has 1 aliphatic heterocycles. The molecule has 1 aliphatic rings. The fourth-order valence-electron chi connectivity index (χ4n) is 3.31. The lowest BCUT2D eigenvalue weighted by Gasteiger charge is -2.35. The predicted octanol–water partition coefficient (Wildman–Crippen LogP) is 2.87. The number of benzene rings is 2. The number of piperazine rings is 1.